The lowest BCUT2D eigenvalue weighted by Gasteiger charge is -2.09. The fraction of sp³-hybridized carbons (Fsp3) is 0.100. The number of aromatic amines is 1. The second-order valence-electron chi connectivity index (χ2n) is 5.83. The summed E-state index contributed by atoms with van der Waals surface area (Å²) in [6.07, 6.45) is 0. The molecule has 8 heteroatoms. The van der Waals surface area contributed by atoms with Crippen LogP contribution in [-0.4, -0.2) is 28.7 Å². The largest absolute Gasteiger partial charge is 0.451 e. The number of amides is 1. The standard InChI is InChI=1S/C20H16N4O3S/c1-13-9-15(28-12-21)7-8-16(13)22-19(25)11-27-20(26)18-10-17(23-24-18)14-5-3-2-4-6-14/h2-10H,11H2,1H3,(H,22,25)(H,23,24). The number of ether oxygens (including phenoxy) is 1. The Kier molecular flexibility index (Phi) is 6.09. The first kappa shape index (κ1) is 19.2. The first-order valence-corrected chi connectivity index (χ1v) is 9.13. The smallest absolute Gasteiger partial charge is 0.356 e. The third-order valence-corrected chi connectivity index (χ3v) is 4.42. The van der Waals surface area contributed by atoms with Crippen molar-refractivity contribution in [2.75, 3.05) is 11.9 Å². The van der Waals surface area contributed by atoms with Gasteiger partial charge in [-0.15, -0.1) is 0 Å². The second-order valence-corrected chi connectivity index (χ2v) is 6.69. The van der Waals surface area contributed by atoms with Crippen LogP contribution in [0.25, 0.3) is 11.3 Å². The number of nitrogens with zero attached hydrogens (tertiary/aromatic N) is 2. The zero-order valence-corrected chi connectivity index (χ0v) is 15.7. The van der Waals surface area contributed by atoms with Gasteiger partial charge in [-0.05, 0) is 48.5 Å². The minimum absolute atomic E-state index is 0.167. The molecule has 0 spiro atoms. The fourth-order valence-electron chi connectivity index (χ4n) is 2.47. The first-order valence-electron chi connectivity index (χ1n) is 8.31. The molecule has 140 valence electrons. The van der Waals surface area contributed by atoms with Crippen molar-refractivity contribution in [3.63, 3.8) is 0 Å². The molecule has 7 nitrogen and oxygen atoms in total. The molecule has 0 fully saturated rings. The minimum Gasteiger partial charge on any atom is -0.451 e. The highest BCUT2D eigenvalue weighted by Gasteiger charge is 2.14. The zero-order chi connectivity index (χ0) is 19.9. The van der Waals surface area contributed by atoms with Crippen molar-refractivity contribution < 1.29 is 14.3 Å². The van der Waals surface area contributed by atoms with E-state index in [0.29, 0.717) is 11.4 Å². The van der Waals surface area contributed by atoms with E-state index in [0.717, 1.165) is 27.8 Å². The van der Waals surface area contributed by atoms with Crippen molar-refractivity contribution in [3.8, 4) is 16.7 Å². The molecule has 0 radical (unpaired) electrons. The Hall–Kier alpha value is -3.57. The van der Waals surface area contributed by atoms with Crippen molar-refractivity contribution in [3.05, 3.63) is 65.9 Å². The molecule has 2 aromatic carbocycles. The lowest BCUT2D eigenvalue weighted by molar-refractivity contribution is -0.119. The Morgan fingerprint density at radius 1 is 1.21 bits per heavy atom. The van der Waals surface area contributed by atoms with Crippen molar-refractivity contribution in [1.82, 2.24) is 10.2 Å². The van der Waals surface area contributed by atoms with Crippen LogP contribution in [0.4, 0.5) is 5.69 Å². The quantitative estimate of drug-likeness (QED) is 0.376. The van der Waals surface area contributed by atoms with Gasteiger partial charge in [0.25, 0.3) is 5.91 Å². The van der Waals surface area contributed by atoms with Crippen LogP contribution in [0, 0.1) is 17.6 Å². The van der Waals surface area contributed by atoms with Crippen LogP contribution >= 0.6 is 11.8 Å². The summed E-state index contributed by atoms with van der Waals surface area (Å²) in [7, 11) is 0. The molecule has 0 atom stereocenters. The highest BCUT2D eigenvalue weighted by molar-refractivity contribution is 8.03. The van der Waals surface area contributed by atoms with Gasteiger partial charge in [-0.2, -0.15) is 10.4 Å². The number of benzene rings is 2. The van der Waals surface area contributed by atoms with Crippen molar-refractivity contribution in [2.24, 2.45) is 0 Å². The monoisotopic (exact) mass is 392 g/mol. The molecule has 0 aliphatic carbocycles. The van der Waals surface area contributed by atoms with E-state index in [1.54, 1.807) is 24.3 Å². The van der Waals surface area contributed by atoms with Gasteiger partial charge in [0.15, 0.2) is 6.61 Å². The molecule has 0 saturated carbocycles. The van der Waals surface area contributed by atoms with E-state index >= 15 is 0 Å². The number of hydrogen-bond acceptors (Lipinski definition) is 6. The van der Waals surface area contributed by atoms with Gasteiger partial charge in [-0.1, -0.05) is 30.3 Å². The number of aromatic nitrogens is 2. The SMILES string of the molecule is Cc1cc(SC#N)ccc1NC(=O)COC(=O)c1cc(-c2ccccc2)n[nH]1. The van der Waals surface area contributed by atoms with Crippen LogP contribution in [0.1, 0.15) is 16.1 Å². The summed E-state index contributed by atoms with van der Waals surface area (Å²) in [4.78, 5) is 25.0. The number of esters is 1. The molecule has 1 heterocycles. The predicted octanol–water partition coefficient (Wildman–Crippen LogP) is 3.75. The van der Waals surface area contributed by atoms with E-state index in [-0.39, 0.29) is 5.69 Å². The number of anilines is 1. The van der Waals surface area contributed by atoms with Crippen LogP contribution < -0.4 is 5.32 Å². The molecule has 28 heavy (non-hydrogen) atoms. The Balaban J connectivity index is 1.56. The molecule has 0 unspecified atom stereocenters. The van der Waals surface area contributed by atoms with Gasteiger partial charge in [-0.3, -0.25) is 9.89 Å². The average Bonchev–Trinajstić information content (AvgIpc) is 3.19. The molecule has 0 aliphatic heterocycles. The van der Waals surface area contributed by atoms with E-state index in [1.807, 2.05) is 42.7 Å². The maximum Gasteiger partial charge on any atom is 0.356 e. The number of H-pyrrole nitrogens is 1. The summed E-state index contributed by atoms with van der Waals surface area (Å²) >= 11 is 1.04. The lowest BCUT2D eigenvalue weighted by atomic mass is 10.1. The summed E-state index contributed by atoms with van der Waals surface area (Å²) < 4.78 is 5.04. The summed E-state index contributed by atoms with van der Waals surface area (Å²) in [5, 5.41) is 20.1. The third-order valence-electron chi connectivity index (χ3n) is 3.84. The highest BCUT2D eigenvalue weighted by Crippen LogP contribution is 2.23. The predicted molar refractivity (Wildman–Crippen MR) is 106 cm³/mol. The number of aryl methyl sites for hydroxylation is 1. The molecular formula is C20H16N4O3S. The zero-order valence-electron chi connectivity index (χ0n) is 14.9. The van der Waals surface area contributed by atoms with Crippen LogP contribution in [0.2, 0.25) is 0 Å². The average molecular weight is 392 g/mol. The van der Waals surface area contributed by atoms with Gasteiger partial charge in [0.2, 0.25) is 0 Å². The van der Waals surface area contributed by atoms with E-state index in [1.165, 1.54) is 0 Å². The van der Waals surface area contributed by atoms with Crippen LogP contribution in [0.15, 0.2) is 59.5 Å². The maximum absolute atomic E-state index is 12.1. The van der Waals surface area contributed by atoms with Crippen LogP contribution in [0.5, 0.6) is 0 Å². The van der Waals surface area contributed by atoms with Gasteiger partial charge in [-0.25, -0.2) is 4.79 Å². The van der Waals surface area contributed by atoms with Gasteiger partial charge >= 0.3 is 5.97 Å². The molecule has 2 N–H and O–H groups in total. The number of rotatable bonds is 6. The number of carbonyl (C=O) groups excluding carboxylic acids is 2. The summed E-state index contributed by atoms with van der Waals surface area (Å²) in [5.41, 5.74) is 3.05. The summed E-state index contributed by atoms with van der Waals surface area (Å²) in [6.45, 7) is 1.39. The van der Waals surface area contributed by atoms with E-state index in [4.69, 9.17) is 10.00 Å². The molecular weight excluding hydrogens is 376 g/mol. The molecule has 3 rings (SSSR count). The Morgan fingerprint density at radius 2 is 2.00 bits per heavy atom. The number of nitrogens with one attached hydrogen (secondary N) is 2. The van der Waals surface area contributed by atoms with Crippen molar-refractivity contribution >= 4 is 29.3 Å². The van der Waals surface area contributed by atoms with Gasteiger partial charge in [0.05, 0.1) is 5.69 Å². The van der Waals surface area contributed by atoms with Gasteiger partial charge < -0.3 is 10.1 Å². The number of thiocyanates is 1. The molecule has 1 amide bonds. The third kappa shape index (κ3) is 4.78. The topological polar surface area (TPSA) is 108 Å². The van der Waals surface area contributed by atoms with E-state index < -0.39 is 18.5 Å². The number of hydrogen-bond donors (Lipinski definition) is 2. The fourth-order valence-corrected chi connectivity index (χ4v) is 2.95. The summed E-state index contributed by atoms with van der Waals surface area (Å²) in [6, 6.07) is 16.2. The number of carbonyl (C=O) groups is 2. The van der Waals surface area contributed by atoms with Crippen molar-refractivity contribution in [1.29, 1.82) is 5.26 Å². The lowest BCUT2D eigenvalue weighted by Crippen LogP contribution is -2.21. The summed E-state index contributed by atoms with van der Waals surface area (Å²) in [5.74, 6) is -1.12. The minimum atomic E-state index is -0.665. The number of nitriles is 1. The van der Waals surface area contributed by atoms with Gasteiger partial charge in [0, 0.05) is 16.1 Å². The van der Waals surface area contributed by atoms with Crippen LogP contribution in [-0.2, 0) is 9.53 Å². The van der Waals surface area contributed by atoms with E-state index in [9.17, 15) is 9.59 Å². The maximum atomic E-state index is 12.1. The molecule has 3 aromatic rings. The van der Waals surface area contributed by atoms with E-state index in [2.05, 4.69) is 15.5 Å². The van der Waals surface area contributed by atoms with Gasteiger partial charge in [0.1, 0.15) is 11.1 Å². The van der Waals surface area contributed by atoms with Crippen LogP contribution in [0.3, 0.4) is 0 Å². The normalized spacial score (nSPS) is 10.1. The second kappa shape index (κ2) is 8.88. The Labute approximate surface area is 165 Å². The first-order chi connectivity index (χ1) is 13.6. The van der Waals surface area contributed by atoms with Crippen molar-refractivity contribution in [2.45, 2.75) is 11.8 Å². The highest BCUT2D eigenvalue weighted by atomic mass is 32.2. The Bertz CT molecular complexity index is 1040. The molecule has 1 aromatic heterocycles. The number of thioether (sulfide) groups is 1. The molecule has 0 bridgehead atoms. The molecule has 0 aliphatic rings. The molecule has 0 saturated heterocycles. The Morgan fingerprint density at radius 3 is 2.71 bits per heavy atom.